The van der Waals surface area contributed by atoms with Crippen LogP contribution in [0.2, 0.25) is 0 Å². The van der Waals surface area contributed by atoms with Gasteiger partial charge in [0, 0.05) is 17.6 Å². The van der Waals surface area contributed by atoms with Crippen LogP contribution in [0, 0.1) is 0 Å². The maximum Gasteiger partial charge on any atom is 0.167 e. The number of fused-ring (bicyclic) bond motifs is 2. The molecule has 3 nitrogen and oxygen atoms in total. The zero-order valence-corrected chi connectivity index (χ0v) is 10.4. The van der Waals surface area contributed by atoms with Crippen molar-refractivity contribution in [2.45, 2.75) is 11.7 Å². The number of carbonyl (C=O) groups excluding carboxylic acids is 1. The van der Waals surface area contributed by atoms with Gasteiger partial charge in [-0.25, -0.2) is 0 Å². The van der Waals surface area contributed by atoms with Crippen molar-refractivity contribution >= 4 is 17.8 Å². The van der Waals surface area contributed by atoms with Crippen LogP contribution in [0.4, 0.5) is 0 Å². The zero-order valence-electron chi connectivity index (χ0n) is 9.63. The van der Waals surface area contributed by atoms with E-state index in [4.69, 9.17) is 4.18 Å². The average molecular weight is 260 g/mol. The summed E-state index contributed by atoms with van der Waals surface area (Å²) < 4.78 is 5.42. The van der Waals surface area contributed by atoms with Gasteiger partial charge in [-0.15, -0.1) is 0 Å². The Bertz CT molecular complexity index is 549. The third kappa shape index (κ3) is 1.87. The molecule has 0 aromatic heterocycles. The molecule has 4 heteroatoms. The van der Waals surface area contributed by atoms with Gasteiger partial charge in [-0.05, 0) is 11.1 Å². The van der Waals surface area contributed by atoms with Crippen LogP contribution in [0.1, 0.15) is 6.42 Å². The molecule has 2 aliphatic carbocycles. The summed E-state index contributed by atoms with van der Waals surface area (Å²) in [6.07, 6.45) is 11.5. The molecule has 0 saturated heterocycles. The lowest BCUT2D eigenvalue weighted by Gasteiger charge is -2.19. The number of carbonyl (C=O) groups is 1. The van der Waals surface area contributed by atoms with Crippen molar-refractivity contribution in [3.8, 4) is 0 Å². The van der Waals surface area contributed by atoms with Crippen LogP contribution in [-0.2, 0) is 8.98 Å². The predicted molar refractivity (Wildman–Crippen MR) is 70.6 cm³/mol. The average Bonchev–Trinajstić information content (AvgIpc) is 2.58. The highest BCUT2D eigenvalue weighted by Crippen LogP contribution is 2.37. The zero-order chi connectivity index (χ0) is 12.5. The van der Waals surface area contributed by atoms with E-state index >= 15 is 0 Å². The monoisotopic (exact) mass is 260 g/mol. The Labute approximate surface area is 109 Å². The highest BCUT2D eigenvalue weighted by atomic mass is 32.2. The number of hydrogen-bond acceptors (Lipinski definition) is 4. The minimum absolute atomic E-state index is 0.0134. The second-order valence-corrected chi connectivity index (χ2v) is 5.18. The van der Waals surface area contributed by atoms with Gasteiger partial charge in [0.15, 0.2) is 5.78 Å². The van der Waals surface area contributed by atoms with Crippen molar-refractivity contribution in [3.05, 3.63) is 58.9 Å². The van der Waals surface area contributed by atoms with E-state index in [9.17, 15) is 9.90 Å². The summed E-state index contributed by atoms with van der Waals surface area (Å²) in [7, 11) is 0. The van der Waals surface area contributed by atoms with E-state index in [1.807, 2.05) is 30.4 Å². The van der Waals surface area contributed by atoms with Gasteiger partial charge in [-0.3, -0.25) is 4.79 Å². The molecule has 0 aromatic carbocycles. The lowest BCUT2D eigenvalue weighted by atomic mass is 9.87. The Morgan fingerprint density at radius 2 is 2.33 bits per heavy atom. The third-order valence-corrected chi connectivity index (χ3v) is 3.93. The van der Waals surface area contributed by atoms with Gasteiger partial charge < -0.3 is 9.29 Å². The molecular formula is C14H12O3S. The first-order chi connectivity index (χ1) is 8.79. The van der Waals surface area contributed by atoms with Crippen LogP contribution in [0.5, 0.6) is 0 Å². The molecule has 0 amide bonds. The predicted octanol–water partition coefficient (Wildman–Crippen LogP) is 2.23. The Morgan fingerprint density at radius 1 is 1.44 bits per heavy atom. The van der Waals surface area contributed by atoms with Crippen molar-refractivity contribution in [2.75, 3.05) is 6.61 Å². The molecule has 1 unspecified atom stereocenters. The molecular weight excluding hydrogens is 248 g/mol. The molecule has 1 atom stereocenters. The largest absolute Gasteiger partial charge is 0.432 e. The number of hydrogen-bond donors (Lipinski definition) is 1. The second kappa shape index (κ2) is 4.63. The molecule has 1 N–H and O–H groups in total. The van der Waals surface area contributed by atoms with E-state index in [0.717, 1.165) is 22.3 Å². The van der Waals surface area contributed by atoms with E-state index in [2.05, 4.69) is 0 Å². The number of aliphatic hydroxyl groups is 1. The first-order valence-corrected chi connectivity index (χ1v) is 6.56. The van der Waals surface area contributed by atoms with Crippen molar-refractivity contribution in [1.82, 2.24) is 0 Å². The van der Waals surface area contributed by atoms with E-state index in [1.165, 1.54) is 12.0 Å². The Balaban J connectivity index is 2.17. The van der Waals surface area contributed by atoms with Crippen LogP contribution < -0.4 is 0 Å². The van der Waals surface area contributed by atoms with Crippen LogP contribution in [-0.4, -0.2) is 22.7 Å². The van der Waals surface area contributed by atoms with Gasteiger partial charge in [0.25, 0.3) is 0 Å². The Kier molecular flexibility index (Phi) is 2.97. The standard InChI is InChI=1S/C14H12O3S/c15-7-9-4-5-13-11(6-9)14-10(8-17-18-13)2-1-3-12(14)16/h1-2,4-6,8,13,15H,3,7H2. The molecule has 0 fully saturated rings. The van der Waals surface area contributed by atoms with Gasteiger partial charge in [0.05, 0.1) is 23.9 Å². The Morgan fingerprint density at radius 3 is 3.17 bits per heavy atom. The van der Waals surface area contributed by atoms with Crippen molar-refractivity contribution in [2.24, 2.45) is 0 Å². The smallest absolute Gasteiger partial charge is 0.167 e. The number of Topliss-reactive ketones (excluding diaryl/α,β-unsaturated/α-hetero) is 1. The molecule has 1 aliphatic heterocycles. The highest BCUT2D eigenvalue weighted by molar-refractivity contribution is 7.95. The maximum atomic E-state index is 12.1. The SMILES string of the molecule is O=C1CC=CC2=COSC3C=CC(CO)=CC3=C12. The molecule has 3 aliphatic rings. The summed E-state index contributed by atoms with van der Waals surface area (Å²) in [6.45, 7) is -0.0192. The molecule has 0 spiro atoms. The summed E-state index contributed by atoms with van der Waals surface area (Å²) in [5.74, 6) is 0.110. The maximum absolute atomic E-state index is 12.1. The minimum atomic E-state index is -0.0192. The van der Waals surface area contributed by atoms with Gasteiger partial charge >= 0.3 is 0 Å². The topological polar surface area (TPSA) is 46.5 Å². The number of allylic oxidation sites excluding steroid dienone is 5. The molecule has 0 radical (unpaired) electrons. The third-order valence-electron chi connectivity index (χ3n) is 3.11. The molecule has 0 aromatic rings. The van der Waals surface area contributed by atoms with Gasteiger partial charge in [-0.1, -0.05) is 30.4 Å². The highest BCUT2D eigenvalue weighted by Gasteiger charge is 2.28. The molecule has 0 saturated carbocycles. The second-order valence-electron chi connectivity index (χ2n) is 4.28. The first-order valence-electron chi connectivity index (χ1n) is 5.76. The fraction of sp³-hybridized carbons (Fsp3) is 0.214. The lowest BCUT2D eigenvalue weighted by Crippen LogP contribution is -2.15. The van der Waals surface area contributed by atoms with E-state index in [0.29, 0.717) is 6.42 Å². The van der Waals surface area contributed by atoms with Gasteiger partial charge in [0.1, 0.15) is 6.26 Å². The summed E-state index contributed by atoms with van der Waals surface area (Å²) in [6, 6.07) is 0. The summed E-state index contributed by atoms with van der Waals surface area (Å²) in [5.41, 5.74) is 3.30. The number of aliphatic hydroxyl groups excluding tert-OH is 1. The molecule has 92 valence electrons. The summed E-state index contributed by atoms with van der Waals surface area (Å²) >= 11 is 1.32. The Hall–Kier alpha value is -1.52. The molecule has 1 heterocycles. The minimum Gasteiger partial charge on any atom is -0.432 e. The van der Waals surface area contributed by atoms with Crippen LogP contribution in [0.25, 0.3) is 0 Å². The lowest BCUT2D eigenvalue weighted by molar-refractivity contribution is -0.114. The fourth-order valence-corrected chi connectivity index (χ4v) is 2.96. The molecule has 18 heavy (non-hydrogen) atoms. The van der Waals surface area contributed by atoms with E-state index in [1.54, 1.807) is 6.26 Å². The number of ketones is 1. The first kappa shape index (κ1) is 11.6. The van der Waals surface area contributed by atoms with Crippen molar-refractivity contribution in [1.29, 1.82) is 0 Å². The fourth-order valence-electron chi connectivity index (χ4n) is 2.25. The van der Waals surface area contributed by atoms with Crippen LogP contribution >= 0.6 is 12.0 Å². The van der Waals surface area contributed by atoms with Gasteiger partial charge in [0.2, 0.25) is 0 Å². The normalized spacial score (nSPS) is 25.8. The van der Waals surface area contributed by atoms with Gasteiger partial charge in [-0.2, -0.15) is 0 Å². The number of rotatable bonds is 1. The van der Waals surface area contributed by atoms with E-state index < -0.39 is 0 Å². The molecule has 3 rings (SSSR count). The molecule has 0 bridgehead atoms. The van der Waals surface area contributed by atoms with Crippen molar-refractivity contribution < 1.29 is 14.1 Å². The summed E-state index contributed by atoms with van der Waals surface area (Å²) in [4.78, 5) is 12.1. The van der Waals surface area contributed by atoms with Crippen molar-refractivity contribution in [3.63, 3.8) is 0 Å². The van der Waals surface area contributed by atoms with Crippen LogP contribution in [0.15, 0.2) is 58.9 Å². The summed E-state index contributed by atoms with van der Waals surface area (Å²) in [5, 5.41) is 9.23. The van der Waals surface area contributed by atoms with Crippen LogP contribution in [0.3, 0.4) is 0 Å². The van der Waals surface area contributed by atoms with E-state index in [-0.39, 0.29) is 17.6 Å². The quantitative estimate of drug-likeness (QED) is 0.734.